The van der Waals surface area contributed by atoms with E-state index in [1.165, 1.54) is 21.4 Å². The van der Waals surface area contributed by atoms with Crippen LogP contribution in [-0.4, -0.2) is 92.4 Å². The summed E-state index contributed by atoms with van der Waals surface area (Å²) in [5.74, 6) is -6.21. The summed E-state index contributed by atoms with van der Waals surface area (Å²) in [4.78, 5) is 52.8. The molecule has 12 nitrogen and oxygen atoms in total. The second kappa shape index (κ2) is 12.4. The predicted octanol–water partition coefficient (Wildman–Crippen LogP) is 1.73. The largest absolute Gasteiger partial charge is 0.473 e. The summed E-state index contributed by atoms with van der Waals surface area (Å²) in [6.07, 6.45) is 1.71. The monoisotopic (exact) mass is 504 g/mol. The molecule has 4 rings (SSSR count). The Kier molecular flexibility index (Phi) is 9.61. The lowest BCUT2D eigenvalue weighted by Crippen LogP contribution is -2.44. The van der Waals surface area contributed by atoms with Crippen LogP contribution in [0.1, 0.15) is 4.88 Å². The summed E-state index contributed by atoms with van der Waals surface area (Å²) in [6.45, 7) is 6.38. The molecular weight excluding hydrogens is 480 g/mol. The second-order valence-electron chi connectivity index (χ2n) is 7.29. The first-order valence-electron chi connectivity index (χ1n) is 10.2. The van der Waals surface area contributed by atoms with Crippen LogP contribution >= 0.6 is 11.3 Å². The van der Waals surface area contributed by atoms with Crippen LogP contribution in [0.25, 0.3) is 21.3 Å². The highest BCUT2D eigenvalue weighted by atomic mass is 32.1. The van der Waals surface area contributed by atoms with Crippen molar-refractivity contribution in [3.05, 3.63) is 41.5 Å². The van der Waals surface area contributed by atoms with Crippen molar-refractivity contribution < 1.29 is 39.6 Å². The van der Waals surface area contributed by atoms with E-state index in [1.807, 2.05) is 0 Å². The van der Waals surface area contributed by atoms with Gasteiger partial charge in [0.2, 0.25) is 0 Å². The summed E-state index contributed by atoms with van der Waals surface area (Å²) in [5, 5.41) is 30.8. The normalized spacial score (nSPS) is 13.1. The van der Waals surface area contributed by atoms with Crippen molar-refractivity contribution in [2.75, 3.05) is 38.1 Å². The number of hydrogen-bond acceptors (Lipinski definition) is 9. The quantitative estimate of drug-likeness (QED) is 0.372. The highest BCUT2D eigenvalue weighted by Gasteiger charge is 2.22. The fraction of sp³-hybridized carbons (Fsp3) is 0.273. The van der Waals surface area contributed by atoms with Gasteiger partial charge in [-0.3, -0.25) is 0 Å². The van der Waals surface area contributed by atoms with E-state index >= 15 is 0 Å². The summed E-state index contributed by atoms with van der Waals surface area (Å²) in [7, 11) is 2.18. The van der Waals surface area contributed by atoms with Crippen molar-refractivity contribution in [3.8, 4) is 11.1 Å². The maximum Gasteiger partial charge on any atom is 0.414 e. The van der Waals surface area contributed by atoms with Crippen LogP contribution in [0.4, 0.5) is 5.82 Å². The molecule has 1 aliphatic heterocycles. The van der Waals surface area contributed by atoms with Gasteiger partial charge in [0.1, 0.15) is 17.0 Å². The van der Waals surface area contributed by atoms with Crippen molar-refractivity contribution in [1.29, 1.82) is 0 Å². The number of carbonyl (C=O) groups is 4. The fourth-order valence-electron chi connectivity index (χ4n) is 3.24. The molecular formula is C22H24N4O8S. The first kappa shape index (κ1) is 27.1. The minimum atomic E-state index is -1.82. The molecule has 3 aromatic rings. The number of hydrogen-bond donors (Lipinski definition) is 4. The Hall–Kier alpha value is -4.10. The van der Waals surface area contributed by atoms with Crippen LogP contribution in [0, 0.1) is 6.92 Å². The maximum atomic E-state index is 9.10. The van der Waals surface area contributed by atoms with Gasteiger partial charge in [-0.1, -0.05) is 30.3 Å². The van der Waals surface area contributed by atoms with Gasteiger partial charge in [0, 0.05) is 36.6 Å². The number of likely N-dealkylation sites (N-methyl/N-ethyl adjacent to an activating group) is 1. The Bertz CT molecular complexity index is 1160. The Morgan fingerprint density at radius 2 is 1.34 bits per heavy atom. The first-order chi connectivity index (χ1) is 16.5. The summed E-state index contributed by atoms with van der Waals surface area (Å²) < 4.78 is 0. The molecule has 1 aromatic carbocycles. The van der Waals surface area contributed by atoms with E-state index in [0.717, 1.165) is 36.8 Å². The average molecular weight is 505 g/mol. The lowest BCUT2D eigenvalue weighted by Gasteiger charge is -2.33. The molecule has 1 aliphatic rings. The van der Waals surface area contributed by atoms with Crippen molar-refractivity contribution in [3.63, 3.8) is 0 Å². The minimum absolute atomic E-state index is 1.02. The highest BCUT2D eigenvalue weighted by molar-refractivity contribution is 7.19. The number of aliphatic carboxylic acids is 4. The van der Waals surface area contributed by atoms with Gasteiger partial charge in [0.25, 0.3) is 0 Å². The van der Waals surface area contributed by atoms with Gasteiger partial charge in [0.15, 0.2) is 0 Å². The molecule has 2 aromatic heterocycles. The van der Waals surface area contributed by atoms with Crippen molar-refractivity contribution in [1.82, 2.24) is 14.9 Å². The van der Waals surface area contributed by atoms with Gasteiger partial charge < -0.3 is 30.2 Å². The Balaban J connectivity index is 0.000000301. The smallest absolute Gasteiger partial charge is 0.414 e. The number of fused-ring (bicyclic) bond motifs is 1. The van der Waals surface area contributed by atoms with Crippen molar-refractivity contribution in [2.24, 2.45) is 0 Å². The third-order valence-corrected chi connectivity index (χ3v) is 5.89. The van der Waals surface area contributed by atoms with E-state index in [-0.39, 0.29) is 0 Å². The highest BCUT2D eigenvalue weighted by Crippen LogP contribution is 2.41. The predicted molar refractivity (Wildman–Crippen MR) is 128 cm³/mol. The molecule has 0 saturated carbocycles. The molecule has 0 amide bonds. The third kappa shape index (κ3) is 7.45. The van der Waals surface area contributed by atoms with Crippen LogP contribution in [0.5, 0.6) is 0 Å². The molecule has 0 aliphatic carbocycles. The van der Waals surface area contributed by atoms with Crippen LogP contribution in [0.15, 0.2) is 36.7 Å². The number of anilines is 1. The molecule has 0 atom stereocenters. The maximum absolute atomic E-state index is 9.10. The van der Waals surface area contributed by atoms with E-state index in [4.69, 9.17) is 39.6 Å². The molecule has 13 heteroatoms. The number of aryl methyl sites for hydroxylation is 1. The molecule has 1 saturated heterocycles. The Morgan fingerprint density at radius 1 is 0.829 bits per heavy atom. The Morgan fingerprint density at radius 3 is 1.83 bits per heavy atom. The number of benzene rings is 1. The number of carboxylic acids is 4. The first-order valence-corrected chi connectivity index (χ1v) is 11.0. The number of aromatic nitrogens is 2. The molecule has 1 fully saturated rings. The van der Waals surface area contributed by atoms with Gasteiger partial charge in [0.05, 0.1) is 5.39 Å². The summed E-state index contributed by atoms with van der Waals surface area (Å²) in [6, 6.07) is 10.6. The number of piperazine rings is 1. The third-order valence-electron chi connectivity index (χ3n) is 4.88. The Labute approximate surface area is 203 Å². The average Bonchev–Trinajstić information content (AvgIpc) is 3.16. The number of thiophene rings is 1. The van der Waals surface area contributed by atoms with Gasteiger partial charge in [-0.2, -0.15) is 0 Å². The van der Waals surface area contributed by atoms with Gasteiger partial charge in [-0.15, -0.1) is 11.3 Å². The molecule has 35 heavy (non-hydrogen) atoms. The van der Waals surface area contributed by atoms with Crippen molar-refractivity contribution >= 4 is 51.2 Å². The zero-order chi connectivity index (χ0) is 26.1. The topological polar surface area (TPSA) is 181 Å². The lowest BCUT2D eigenvalue weighted by atomic mass is 10.0. The van der Waals surface area contributed by atoms with Crippen LogP contribution in [0.3, 0.4) is 0 Å². The molecule has 0 spiro atoms. The lowest BCUT2D eigenvalue weighted by molar-refractivity contribution is -0.159. The number of carboxylic acid groups (broad SMARTS) is 4. The second-order valence-corrected chi connectivity index (χ2v) is 8.49. The van der Waals surface area contributed by atoms with Crippen LogP contribution in [-0.2, 0) is 19.2 Å². The number of rotatable bonds is 2. The summed E-state index contributed by atoms with van der Waals surface area (Å²) >= 11 is 1.76. The molecule has 186 valence electrons. The SMILES string of the molecule is Cc1sc2ncnc(N3CCN(C)CC3)c2c1-c1ccccc1.O=C(O)C(=O)O.O=C(O)C(=O)O. The van der Waals surface area contributed by atoms with Gasteiger partial charge in [-0.05, 0) is 19.5 Å². The van der Waals surface area contributed by atoms with Crippen LogP contribution < -0.4 is 4.90 Å². The van der Waals surface area contributed by atoms with E-state index < -0.39 is 23.9 Å². The molecule has 0 unspecified atom stereocenters. The van der Waals surface area contributed by atoms with Gasteiger partial charge >= 0.3 is 23.9 Å². The van der Waals surface area contributed by atoms with E-state index in [1.54, 1.807) is 17.7 Å². The zero-order valence-corrected chi connectivity index (χ0v) is 19.7. The molecule has 4 N–H and O–H groups in total. The molecule has 0 radical (unpaired) electrons. The molecule has 0 bridgehead atoms. The van der Waals surface area contributed by atoms with E-state index in [9.17, 15) is 0 Å². The van der Waals surface area contributed by atoms with E-state index in [0.29, 0.717) is 0 Å². The standard InChI is InChI=1S/C18H20N4S.2C2H2O4/c1-13-15(14-6-4-3-5-7-14)16-17(19-12-20-18(16)23-13)22-10-8-21(2)9-11-22;2*3-1(4)2(5)6/h3-7,12H,8-11H2,1-2H3;2*(H,3,4)(H,5,6). The summed E-state index contributed by atoms with van der Waals surface area (Å²) in [5.41, 5.74) is 2.54. The molecule has 3 heterocycles. The fourth-order valence-corrected chi connectivity index (χ4v) is 4.25. The number of nitrogens with zero attached hydrogens (tertiary/aromatic N) is 4. The van der Waals surface area contributed by atoms with Gasteiger partial charge in [-0.25, -0.2) is 29.1 Å². The van der Waals surface area contributed by atoms with Crippen molar-refractivity contribution in [2.45, 2.75) is 6.92 Å². The van der Waals surface area contributed by atoms with E-state index in [2.05, 4.69) is 64.1 Å². The minimum Gasteiger partial charge on any atom is -0.473 e. The zero-order valence-electron chi connectivity index (χ0n) is 18.9. The van der Waals surface area contributed by atoms with Crippen LogP contribution in [0.2, 0.25) is 0 Å².